The van der Waals surface area contributed by atoms with Crippen molar-refractivity contribution in [2.24, 2.45) is 5.10 Å². The minimum Gasteiger partial charge on any atom is -0.273 e. The van der Waals surface area contributed by atoms with Gasteiger partial charge in [0.25, 0.3) is 0 Å². The minimum atomic E-state index is -0.335. The van der Waals surface area contributed by atoms with Crippen molar-refractivity contribution in [3.63, 3.8) is 0 Å². The Morgan fingerprint density at radius 3 is 2.48 bits per heavy atom. The van der Waals surface area contributed by atoms with Crippen LogP contribution in [0.5, 0.6) is 0 Å². The van der Waals surface area contributed by atoms with Gasteiger partial charge < -0.3 is 0 Å². The van der Waals surface area contributed by atoms with E-state index in [1.807, 2.05) is 6.07 Å². The molecule has 21 heavy (non-hydrogen) atoms. The molecule has 0 aliphatic heterocycles. The van der Waals surface area contributed by atoms with Gasteiger partial charge in [-0.25, -0.2) is 9.82 Å². The molecule has 0 bridgehead atoms. The number of benzene rings is 2. The van der Waals surface area contributed by atoms with Crippen LogP contribution in [-0.2, 0) is 11.2 Å². The van der Waals surface area contributed by atoms with Gasteiger partial charge in [-0.15, -0.1) is 0 Å². The average molecular weight is 281 g/mol. The molecule has 104 valence electrons. The zero-order chi connectivity index (χ0) is 15.1. The first-order chi connectivity index (χ1) is 10.2. The molecule has 1 N–H and O–H groups in total. The maximum Gasteiger partial charge on any atom is 0.244 e. The number of nitrogens with zero attached hydrogens (tertiary/aromatic N) is 2. The Morgan fingerprint density at radius 1 is 1.19 bits per heavy atom. The molecule has 0 aliphatic rings. The molecule has 0 aliphatic carbocycles. The highest BCUT2D eigenvalue weighted by Crippen LogP contribution is 2.03. The molecule has 0 radical (unpaired) electrons. The van der Waals surface area contributed by atoms with Crippen LogP contribution < -0.4 is 5.43 Å². The first kappa shape index (κ1) is 14.4. The van der Waals surface area contributed by atoms with Crippen molar-refractivity contribution in [3.05, 3.63) is 71.0 Å². The van der Waals surface area contributed by atoms with E-state index >= 15 is 0 Å². The van der Waals surface area contributed by atoms with E-state index in [1.165, 1.54) is 18.3 Å². The highest BCUT2D eigenvalue weighted by molar-refractivity contribution is 5.83. The number of amides is 1. The van der Waals surface area contributed by atoms with Crippen molar-refractivity contribution >= 4 is 12.1 Å². The maximum absolute atomic E-state index is 12.7. The summed E-state index contributed by atoms with van der Waals surface area (Å²) in [7, 11) is 0. The molecule has 0 heterocycles. The number of carbonyl (C=O) groups is 1. The van der Waals surface area contributed by atoms with Crippen LogP contribution in [0.4, 0.5) is 4.39 Å². The highest BCUT2D eigenvalue weighted by Gasteiger charge is 2.02. The fraction of sp³-hybridized carbons (Fsp3) is 0.0625. The summed E-state index contributed by atoms with van der Waals surface area (Å²) in [6.07, 6.45) is 1.62. The topological polar surface area (TPSA) is 65.2 Å². The van der Waals surface area contributed by atoms with Gasteiger partial charge in [-0.3, -0.25) is 4.79 Å². The van der Waals surface area contributed by atoms with Gasteiger partial charge in [0, 0.05) is 0 Å². The van der Waals surface area contributed by atoms with Gasteiger partial charge >= 0.3 is 0 Å². The molecule has 0 saturated carbocycles. The van der Waals surface area contributed by atoms with E-state index in [0.29, 0.717) is 11.1 Å². The fourth-order valence-electron chi connectivity index (χ4n) is 1.65. The Bertz CT molecular complexity index is 685. The van der Waals surface area contributed by atoms with Gasteiger partial charge in [-0.1, -0.05) is 24.3 Å². The molecule has 0 atom stereocenters. The Hall–Kier alpha value is -3.00. The second-order valence-electron chi connectivity index (χ2n) is 4.33. The molecule has 2 rings (SSSR count). The van der Waals surface area contributed by atoms with Gasteiger partial charge in [0.15, 0.2) is 0 Å². The summed E-state index contributed by atoms with van der Waals surface area (Å²) in [5.41, 5.74) is 4.44. The Morgan fingerprint density at radius 2 is 1.86 bits per heavy atom. The first-order valence-corrected chi connectivity index (χ1v) is 6.24. The molecule has 0 saturated heterocycles. The number of hydrogen-bond donors (Lipinski definition) is 1. The quantitative estimate of drug-likeness (QED) is 0.690. The largest absolute Gasteiger partial charge is 0.273 e. The monoisotopic (exact) mass is 281 g/mol. The Balaban J connectivity index is 1.86. The molecular weight excluding hydrogens is 269 g/mol. The SMILES string of the molecule is N#Cc1ccc(/C=N/NC(=O)Cc2ccc(F)cc2)cc1. The molecule has 5 heteroatoms. The van der Waals surface area contributed by atoms with E-state index in [0.717, 1.165) is 5.56 Å². The number of halogens is 1. The van der Waals surface area contributed by atoms with Crippen LogP contribution in [0.15, 0.2) is 53.6 Å². The third-order valence-electron chi connectivity index (χ3n) is 2.72. The van der Waals surface area contributed by atoms with Gasteiger partial charge in [-0.05, 0) is 35.4 Å². The van der Waals surface area contributed by atoms with Crippen LogP contribution in [0, 0.1) is 17.1 Å². The molecule has 0 spiro atoms. The molecule has 2 aromatic carbocycles. The van der Waals surface area contributed by atoms with Crippen molar-refractivity contribution in [3.8, 4) is 6.07 Å². The molecule has 2 aromatic rings. The van der Waals surface area contributed by atoms with E-state index in [9.17, 15) is 9.18 Å². The van der Waals surface area contributed by atoms with Crippen LogP contribution in [0.1, 0.15) is 16.7 Å². The maximum atomic E-state index is 12.7. The predicted octanol–water partition coefficient (Wildman–Crippen LogP) is 2.39. The van der Waals surface area contributed by atoms with E-state index < -0.39 is 0 Å². The van der Waals surface area contributed by atoms with E-state index in [-0.39, 0.29) is 18.1 Å². The minimum absolute atomic E-state index is 0.130. The smallest absolute Gasteiger partial charge is 0.244 e. The van der Waals surface area contributed by atoms with E-state index in [4.69, 9.17) is 5.26 Å². The normalized spacial score (nSPS) is 10.3. The number of carbonyl (C=O) groups excluding carboxylic acids is 1. The summed E-state index contributed by atoms with van der Waals surface area (Å²) < 4.78 is 12.7. The lowest BCUT2D eigenvalue weighted by atomic mass is 10.1. The second kappa shape index (κ2) is 6.96. The summed E-state index contributed by atoms with van der Waals surface area (Å²) in [5, 5.41) is 12.5. The lowest BCUT2D eigenvalue weighted by molar-refractivity contribution is -0.120. The van der Waals surface area contributed by atoms with Crippen molar-refractivity contribution < 1.29 is 9.18 Å². The number of hydrazone groups is 1. The lowest BCUT2D eigenvalue weighted by Crippen LogP contribution is -2.19. The summed E-state index contributed by atoms with van der Waals surface area (Å²) in [5.74, 6) is -0.621. The molecule has 4 nitrogen and oxygen atoms in total. The zero-order valence-corrected chi connectivity index (χ0v) is 11.1. The molecule has 1 amide bonds. The number of nitrogens with one attached hydrogen (secondary N) is 1. The average Bonchev–Trinajstić information content (AvgIpc) is 2.50. The number of hydrogen-bond acceptors (Lipinski definition) is 3. The van der Waals surface area contributed by atoms with Gasteiger partial charge in [0.1, 0.15) is 5.82 Å². The van der Waals surface area contributed by atoms with Crippen LogP contribution in [-0.4, -0.2) is 12.1 Å². The van der Waals surface area contributed by atoms with Crippen molar-refractivity contribution in [1.82, 2.24) is 5.43 Å². The zero-order valence-electron chi connectivity index (χ0n) is 11.1. The number of nitriles is 1. The number of rotatable bonds is 4. The van der Waals surface area contributed by atoms with Crippen LogP contribution in [0.2, 0.25) is 0 Å². The van der Waals surface area contributed by atoms with Gasteiger partial charge in [-0.2, -0.15) is 10.4 Å². The molecular formula is C16H12FN3O. The van der Waals surface area contributed by atoms with E-state index in [1.54, 1.807) is 36.4 Å². The standard InChI is InChI=1S/C16H12FN3O/c17-15-7-5-12(6-8-15)9-16(21)20-19-11-14-3-1-13(10-18)2-4-14/h1-8,11H,9H2,(H,20,21)/b19-11+. The fourth-order valence-corrected chi connectivity index (χ4v) is 1.65. The Kier molecular flexibility index (Phi) is 4.78. The van der Waals surface area contributed by atoms with Crippen LogP contribution >= 0.6 is 0 Å². The summed E-state index contributed by atoms with van der Waals surface area (Å²) in [6.45, 7) is 0. The van der Waals surface area contributed by atoms with Gasteiger partial charge in [0.05, 0.1) is 24.3 Å². The lowest BCUT2D eigenvalue weighted by Gasteiger charge is -2.00. The third-order valence-corrected chi connectivity index (χ3v) is 2.72. The van der Waals surface area contributed by atoms with Crippen molar-refractivity contribution in [1.29, 1.82) is 5.26 Å². The second-order valence-corrected chi connectivity index (χ2v) is 4.33. The van der Waals surface area contributed by atoms with E-state index in [2.05, 4.69) is 10.5 Å². The summed E-state index contributed by atoms with van der Waals surface area (Å²) in [6, 6.07) is 14.5. The summed E-state index contributed by atoms with van der Waals surface area (Å²) in [4.78, 5) is 11.6. The summed E-state index contributed by atoms with van der Waals surface area (Å²) >= 11 is 0. The molecule has 0 unspecified atom stereocenters. The van der Waals surface area contributed by atoms with Crippen molar-refractivity contribution in [2.45, 2.75) is 6.42 Å². The van der Waals surface area contributed by atoms with Gasteiger partial charge in [0.2, 0.25) is 5.91 Å². The Labute approximate surface area is 121 Å². The first-order valence-electron chi connectivity index (χ1n) is 6.24. The highest BCUT2D eigenvalue weighted by atomic mass is 19.1. The molecule has 0 aromatic heterocycles. The third kappa shape index (κ3) is 4.55. The van der Waals surface area contributed by atoms with Crippen LogP contribution in [0.3, 0.4) is 0 Å². The van der Waals surface area contributed by atoms with Crippen molar-refractivity contribution in [2.75, 3.05) is 0 Å². The van der Waals surface area contributed by atoms with Crippen LogP contribution in [0.25, 0.3) is 0 Å². The predicted molar refractivity (Wildman–Crippen MR) is 77.0 cm³/mol. The molecule has 0 fully saturated rings.